The zero-order valence-corrected chi connectivity index (χ0v) is 12.2. The van der Waals surface area contributed by atoms with E-state index in [9.17, 15) is 18.0 Å². The van der Waals surface area contributed by atoms with Crippen LogP contribution in [-0.2, 0) is 11.3 Å². The average Bonchev–Trinajstić information content (AvgIpc) is 2.74. The Balaban J connectivity index is 1.95. The van der Waals surface area contributed by atoms with Crippen molar-refractivity contribution >= 4 is 28.5 Å². The summed E-state index contributed by atoms with van der Waals surface area (Å²) in [7, 11) is 0. The first-order chi connectivity index (χ1) is 8.86. The predicted molar refractivity (Wildman–Crippen MR) is 70.3 cm³/mol. The largest absolute Gasteiger partial charge is 0.393 e. The molecule has 8 heteroatoms. The highest BCUT2D eigenvalue weighted by molar-refractivity contribution is 14.1. The summed E-state index contributed by atoms with van der Waals surface area (Å²) in [5.41, 5.74) is 0. The Morgan fingerprint density at radius 3 is 2.84 bits per heavy atom. The smallest absolute Gasteiger partial charge is 0.340 e. The van der Waals surface area contributed by atoms with Crippen molar-refractivity contribution in [3.05, 3.63) is 16.0 Å². The minimum absolute atomic E-state index is 0.00637. The number of amides is 1. The Hall–Kier alpha value is -0.800. The average molecular weight is 387 g/mol. The van der Waals surface area contributed by atoms with Gasteiger partial charge in [-0.2, -0.15) is 18.3 Å². The second kappa shape index (κ2) is 5.68. The summed E-state index contributed by atoms with van der Waals surface area (Å²) < 4.78 is 40.3. The van der Waals surface area contributed by atoms with Crippen LogP contribution in [0.3, 0.4) is 0 Å². The van der Waals surface area contributed by atoms with Crippen molar-refractivity contribution < 1.29 is 18.0 Å². The van der Waals surface area contributed by atoms with Gasteiger partial charge in [-0.25, -0.2) is 0 Å². The van der Waals surface area contributed by atoms with Crippen molar-refractivity contribution in [1.82, 2.24) is 14.7 Å². The van der Waals surface area contributed by atoms with E-state index in [1.807, 2.05) is 0 Å². The van der Waals surface area contributed by atoms with Gasteiger partial charge in [0.15, 0.2) is 0 Å². The molecule has 19 heavy (non-hydrogen) atoms. The molecule has 1 saturated heterocycles. The summed E-state index contributed by atoms with van der Waals surface area (Å²) in [4.78, 5) is 13.2. The molecular formula is C11H13F3IN3O. The maximum Gasteiger partial charge on any atom is 0.393 e. The van der Waals surface area contributed by atoms with Crippen LogP contribution in [0.15, 0.2) is 12.4 Å². The molecule has 106 valence electrons. The van der Waals surface area contributed by atoms with Crippen molar-refractivity contribution in [3.63, 3.8) is 0 Å². The van der Waals surface area contributed by atoms with Gasteiger partial charge in [-0.1, -0.05) is 0 Å². The number of alkyl halides is 3. The molecule has 1 unspecified atom stereocenters. The number of carbonyl (C=O) groups is 1. The van der Waals surface area contributed by atoms with E-state index in [2.05, 4.69) is 27.7 Å². The summed E-state index contributed by atoms with van der Waals surface area (Å²) in [6.45, 7) is 0.151. The maximum atomic E-state index is 12.7. The second-order valence-corrected chi connectivity index (χ2v) is 5.82. The lowest BCUT2D eigenvalue weighted by molar-refractivity contribution is -0.188. The summed E-state index contributed by atoms with van der Waals surface area (Å²) >= 11 is 2.06. The summed E-state index contributed by atoms with van der Waals surface area (Å²) in [6, 6.07) is 0. The summed E-state index contributed by atoms with van der Waals surface area (Å²) in [6.07, 6.45) is -0.439. The van der Waals surface area contributed by atoms with E-state index in [-0.39, 0.29) is 25.4 Å². The van der Waals surface area contributed by atoms with Gasteiger partial charge in [0.25, 0.3) is 0 Å². The van der Waals surface area contributed by atoms with Gasteiger partial charge in [-0.3, -0.25) is 9.48 Å². The Morgan fingerprint density at radius 1 is 1.53 bits per heavy atom. The zero-order chi connectivity index (χ0) is 14.0. The van der Waals surface area contributed by atoms with Crippen LogP contribution >= 0.6 is 22.6 Å². The van der Waals surface area contributed by atoms with Gasteiger partial charge >= 0.3 is 6.18 Å². The van der Waals surface area contributed by atoms with Crippen LogP contribution in [0.5, 0.6) is 0 Å². The summed E-state index contributed by atoms with van der Waals surface area (Å²) in [5, 5.41) is 3.96. The molecule has 0 radical (unpaired) electrons. The minimum atomic E-state index is -4.22. The van der Waals surface area contributed by atoms with Crippen LogP contribution < -0.4 is 0 Å². The van der Waals surface area contributed by atoms with Crippen molar-refractivity contribution in [2.75, 3.05) is 13.1 Å². The fourth-order valence-electron chi connectivity index (χ4n) is 2.13. The van der Waals surface area contributed by atoms with Gasteiger partial charge in [0, 0.05) is 19.3 Å². The number of carbonyl (C=O) groups excluding carboxylic acids is 1. The van der Waals surface area contributed by atoms with Crippen LogP contribution in [0.25, 0.3) is 0 Å². The molecule has 2 rings (SSSR count). The van der Waals surface area contributed by atoms with E-state index in [1.165, 1.54) is 9.58 Å². The van der Waals surface area contributed by atoms with Gasteiger partial charge in [-0.15, -0.1) is 0 Å². The molecule has 0 saturated carbocycles. The molecule has 2 heterocycles. The van der Waals surface area contributed by atoms with E-state index < -0.39 is 12.1 Å². The second-order valence-electron chi connectivity index (χ2n) is 4.58. The van der Waals surface area contributed by atoms with Crippen LogP contribution in [-0.4, -0.2) is 39.9 Å². The number of rotatable bonds is 2. The van der Waals surface area contributed by atoms with Gasteiger partial charge in [0.2, 0.25) is 5.91 Å². The Morgan fingerprint density at radius 2 is 2.26 bits per heavy atom. The van der Waals surface area contributed by atoms with Gasteiger partial charge in [0.1, 0.15) is 6.54 Å². The summed E-state index contributed by atoms with van der Waals surface area (Å²) in [5.74, 6) is -1.71. The number of hydrogen-bond donors (Lipinski definition) is 0. The highest BCUT2D eigenvalue weighted by Gasteiger charge is 2.42. The first-order valence-electron chi connectivity index (χ1n) is 5.88. The maximum absolute atomic E-state index is 12.7. The molecule has 1 atom stereocenters. The Bertz CT molecular complexity index is 460. The van der Waals surface area contributed by atoms with Crippen molar-refractivity contribution in [3.8, 4) is 0 Å². The van der Waals surface area contributed by atoms with Gasteiger partial charge in [-0.05, 0) is 35.4 Å². The molecule has 4 nitrogen and oxygen atoms in total. The van der Waals surface area contributed by atoms with Gasteiger partial charge < -0.3 is 4.90 Å². The highest BCUT2D eigenvalue weighted by atomic mass is 127. The van der Waals surface area contributed by atoms with Gasteiger partial charge in [0.05, 0.1) is 15.7 Å². The monoisotopic (exact) mass is 387 g/mol. The standard InChI is InChI=1S/C11H13F3IN3O/c12-11(13,14)8-2-1-3-17(5-8)10(19)7-18-6-9(15)4-16-18/h4,6,8H,1-3,5,7H2. The first kappa shape index (κ1) is 14.6. The Labute approximate surface area is 122 Å². The molecule has 1 aromatic heterocycles. The predicted octanol–water partition coefficient (Wildman–Crippen LogP) is 2.29. The molecule has 0 aromatic carbocycles. The number of halogens is 4. The third-order valence-electron chi connectivity index (χ3n) is 3.14. The van der Waals surface area contributed by atoms with E-state index >= 15 is 0 Å². The fourth-order valence-corrected chi connectivity index (χ4v) is 2.58. The van der Waals surface area contributed by atoms with Crippen LogP contribution in [0.1, 0.15) is 12.8 Å². The molecule has 1 aliphatic rings. The molecule has 1 fully saturated rings. The lowest BCUT2D eigenvalue weighted by atomic mass is 9.97. The lowest BCUT2D eigenvalue weighted by Crippen LogP contribution is -2.45. The van der Waals surface area contributed by atoms with Crippen molar-refractivity contribution in [2.45, 2.75) is 25.6 Å². The lowest BCUT2D eigenvalue weighted by Gasteiger charge is -2.33. The van der Waals surface area contributed by atoms with Crippen LogP contribution in [0, 0.1) is 9.49 Å². The minimum Gasteiger partial charge on any atom is -0.340 e. The molecular weight excluding hydrogens is 374 g/mol. The molecule has 0 spiro atoms. The van der Waals surface area contributed by atoms with Crippen LogP contribution in [0.2, 0.25) is 0 Å². The highest BCUT2D eigenvalue weighted by Crippen LogP contribution is 2.33. The Kier molecular flexibility index (Phi) is 4.36. The van der Waals surface area contributed by atoms with Crippen molar-refractivity contribution in [1.29, 1.82) is 0 Å². The fraction of sp³-hybridized carbons (Fsp3) is 0.636. The first-order valence-corrected chi connectivity index (χ1v) is 6.96. The van der Waals surface area contributed by atoms with E-state index in [0.29, 0.717) is 13.0 Å². The number of piperidine rings is 1. The topological polar surface area (TPSA) is 38.1 Å². The third-order valence-corrected chi connectivity index (χ3v) is 3.69. The molecule has 0 N–H and O–H groups in total. The third kappa shape index (κ3) is 3.83. The SMILES string of the molecule is O=C(Cn1cc(I)cn1)N1CCCC(C(F)(F)F)C1. The van der Waals surface area contributed by atoms with E-state index in [4.69, 9.17) is 0 Å². The molecule has 1 aromatic rings. The zero-order valence-electron chi connectivity index (χ0n) is 10.0. The molecule has 0 aliphatic carbocycles. The normalized spacial score (nSPS) is 20.6. The number of aromatic nitrogens is 2. The number of nitrogens with zero attached hydrogens (tertiary/aromatic N) is 3. The molecule has 1 amide bonds. The van der Waals surface area contributed by atoms with Crippen LogP contribution in [0.4, 0.5) is 13.2 Å². The molecule has 1 aliphatic heterocycles. The molecule has 0 bridgehead atoms. The van der Waals surface area contributed by atoms with E-state index in [1.54, 1.807) is 12.4 Å². The number of likely N-dealkylation sites (tertiary alicyclic amines) is 1. The van der Waals surface area contributed by atoms with Crippen molar-refractivity contribution in [2.24, 2.45) is 5.92 Å². The quantitative estimate of drug-likeness (QED) is 0.731. The van der Waals surface area contributed by atoms with E-state index in [0.717, 1.165) is 3.57 Å². The number of hydrogen-bond acceptors (Lipinski definition) is 2.